The van der Waals surface area contributed by atoms with Crippen LogP contribution in [0.4, 0.5) is 20.0 Å². The van der Waals surface area contributed by atoms with Crippen molar-refractivity contribution in [2.75, 3.05) is 4.90 Å². The number of aromatic nitrogens is 2. The van der Waals surface area contributed by atoms with Gasteiger partial charge in [-0.3, -0.25) is 9.89 Å². The molecular formula is C21H21FN4O3S2. The van der Waals surface area contributed by atoms with E-state index in [4.69, 9.17) is 17.0 Å². The molecule has 0 radical (unpaired) electrons. The highest BCUT2D eigenvalue weighted by Gasteiger charge is 2.33. The van der Waals surface area contributed by atoms with Gasteiger partial charge in [-0.05, 0) is 35.8 Å². The van der Waals surface area contributed by atoms with Gasteiger partial charge in [0, 0.05) is 0 Å². The smallest absolute Gasteiger partial charge is 0.408 e. The Labute approximate surface area is 187 Å². The van der Waals surface area contributed by atoms with E-state index in [2.05, 4.69) is 15.5 Å². The lowest BCUT2D eigenvalue weighted by atomic mass is 10.0. The van der Waals surface area contributed by atoms with Crippen LogP contribution in [0.1, 0.15) is 19.4 Å². The van der Waals surface area contributed by atoms with Crippen LogP contribution in [0.2, 0.25) is 0 Å². The van der Waals surface area contributed by atoms with Gasteiger partial charge < -0.3 is 10.1 Å². The normalized spacial score (nSPS) is 11.7. The summed E-state index contributed by atoms with van der Waals surface area (Å²) in [7, 11) is 0. The number of benzene rings is 2. The van der Waals surface area contributed by atoms with E-state index in [-0.39, 0.29) is 23.3 Å². The van der Waals surface area contributed by atoms with Gasteiger partial charge in [-0.25, -0.2) is 14.1 Å². The molecular weight excluding hydrogens is 439 g/mol. The Kier molecular flexibility index (Phi) is 7.48. The van der Waals surface area contributed by atoms with E-state index in [0.29, 0.717) is 3.95 Å². The fourth-order valence-corrected chi connectivity index (χ4v) is 3.71. The third-order valence-electron chi connectivity index (χ3n) is 4.35. The van der Waals surface area contributed by atoms with E-state index >= 15 is 0 Å². The van der Waals surface area contributed by atoms with Gasteiger partial charge in [0.1, 0.15) is 18.5 Å². The number of hydrogen-bond acceptors (Lipinski definition) is 6. The zero-order valence-electron chi connectivity index (χ0n) is 16.9. The van der Waals surface area contributed by atoms with Crippen molar-refractivity contribution in [2.45, 2.75) is 26.5 Å². The number of alkyl carbamates (subject to hydrolysis) is 1. The van der Waals surface area contributed by atoms with Crippen LogP contribution in [0.15, 0.2) is 54.6 Å². The SMILES string of the molecule is CC(C)[C@H](NC(=O)OCc1ccccc1)C(=O)N(c1n[nH]c(=S)s1)c1ccccc1F. The molecule has 1 heterocycles. The van der Waals surface area contributed by atoms with Gasteiger partial charge in [0.05, 0.1) is 5.69 Å². The van der Waals surface area contributed by atoms with Crippen LogP contribution >= 0.6 is 23.6 Å². The number of para-hydroxylation sites is 1. The molecule has 0 saturated carbocycles. The third-order valence-corrected chi connectivity index (χ3v) is 5.43. The highest BCUT2D eigenvalue weighted by Crippen LogP contribution is 2.31. The number of amides is 2. The molecule has 3 aromatic rings. The molecule has 2 amide bonds. The minimum Gasteiger partial charge on any atom is -0.445 e. The first-order valence-electron chi connectivity index (χ1n) is 9.48. The molecule has 1 aromatic heterocycles. The third kappa shape index (κ3) is 5.74. The minimum atomic E-state index is -0.986. The highest BCUT2D eigenvalue weighted by atomic mass is 32.1. The molecule has 7 nitrogen and oxygen atoms in total. The molecule has 10 heteroatoms. The number of halogens is 1. The molecule has 0 aliphatic carbocycles. The highest BCUT2D eigenvalue weighted by molar-refractivity contribution is 7.73. The quantitative estimate of drug-likeness (QED) is 0.487. The molecule has 3 rings (SSSR count). The topological polar surface area (TPSA) is 87.3 Å². The second-order valence-electron chi connectivity index (χ2n) is 6.95. The molecule has 0 spiro atoms. The Hall–Kier alpha value is -3.11. The van der Waals surface area contributed by atoms with Crippen molar-refractivity contribution >= 4 is 46.4 Å². The molecule has 2 N–H and O–H groups in total. The molecule has 0 fully saturated rings. The summed E-state index contributed by atoms with van der Waals surface area (Å²) in [5.74, 6) is -1.47. The maximum absolute atomic E-state index is 14.6. The van der Waals surface area contributed by atoms with Gasteiger partial charge in [0.2, 0.25) is 5.13 Å². The number of anilines is 2. The Morgan fingerprint density at radius 3 is 2.48 bits per heavy atom. The van der Waals surface area contributed by atoms with Crippen molar-refractivity contribution in [1.29, 1.82) is 0 Å². The lowest BCUT2D eigenvalue weighted by molar-refractivity contribution is -0.120. The van der Waals surface area contributed by atoms with Crippen molar-refractivity contribution in [3.8, 4) is 0 Å². The van der Waals surface area contributed by atoms with Gasteiger partial charge in [-0.2, -0.15) is 0 Å². The molecule has 0 unspecified atom stereocenters. The number of hydrogen-bond donors (Lipinski definition) is 2. The summed E-state index contributed by atoms with van der Waals surface area (Å²) in [5, 5.41) is 9.40. The molecule has 0 aliphatic heterocycles. The molecule has 0 aliphatic rings. The largest absolute Gasteiger partial charge is 0.445 e. The Bertz CT molecular complexity index is 1100. The minimum absolute atomic E-state index is 0.00959. The van der Waals surface area contributed by atoms with Crippen LogP contribution in [-0.2, 0) is 16.1 Å². The first-order chi connectivity index (χ1) is 14.9. The zero-order chi connectivity index (χ0) is 22.4. The summed E-state index contributed by atoms with van der Waals surface area (Å²) < 4.78 is 20.1. The molecule has 0 saturated heterocycles. The van der Waals surface area contributed by atoms with Gasteiger partial charge in [0.25, 0.3) is 5.91 Å². The Balaban J connectivity index is 1.83. The van der Waals surface area contributed by atoms with E-state index < -0.39 is 23.9 Å². The number of nitrogens with zero attached hydrogens (tertiary/aromatic N) is 2. The van der Waals surface area contributed by atoms with Crippen LogP contribution < -0.4 is 10.2 Å². The second kappa shape index (κ2) is 10.3. The van der Waals surface area contributed by atoms with Crippen LogP contribution in [0.25, 0.3) is 0 Å². The van der Waals surface area contributed by atoms with Gasteiger partial charge in [-0.1, -0.05) is 67.6 Å². The Morgan fingerprint density at radius 2 is 1.87 bits per heavy atom. The number of nitrogens with one attached hydrogen (secondary N) is 2. The van der Waals surface area contributed by atoms with E-state index in [0.717, 1.165) is 21.8 Å². The monoisotopic (exact) mass is 460 g/mol. The lowest BCUT2D eigenvalue weighted by Gasteiger charge is -2.28. The average molecular weight is 461 g/mol. The number of H-pyrrole nitrogens is 1. The van der Waals surface area contributed by atoms with E-state index in [1.807, 2.05) is 30.3 Å². The second-order valence-corrected chi connectivity index (χ2v) is 8.59. The van der Waals surface area contributed by atoms with Crippen LogP contribution in [0, 0.1) is 15.7 Å². The molecule has 1 atom stereocenters. The first-order valence-corrected chi connectivity index (χ1v) is 10.7. The Morgan fingerprint density at radius 1 is 1.19 bits per heavy atom. The van der Waals surface area contributed by atoms with E-state index in [9.17, 15) is 14.0 Å². The van der Waals surface area contributed by atoms with Gasteiger partial charge >= 0.3 is 6.09 Å². The van der Waals surface area contributed by atoms with Crippen LogP contribution in [0.3, 0.4) is 0 Å². The average Bonchev–Trinajstić information content (AvgIpc) is 3.18. The fraction of sp³-hybridized carbons (Fsp3) is 0.238. The van der Waals surface area contributed by atoms with Crippen molar-refractivity contribution < 1.29 is 18.7 Å². The number of ether oxygens (including phenoxy) is 1. The van der Waals surface area contributed by atoms with Crippen molar-refractivity contribution in [2.24, 2.45) is 5.92 Å². The number of rotatable bonds is 7. The van der Waals surface area contributed by atoms with Crippen molar-refractivity contribution in [3.05, 3.63) is 69.9 Å². The predicted molar refractivity (Wildman–Crippen MR) is 119 cm³/mol. The lowest BCUT2D eigenvalue weighted by Crippen LogP contribution is -2.50. The molecule has 31 heavy (non-hydrogen) atoms. The summed E-state index contributed by atoms with van der Waals surface area (Å²) in [6, 6.07) is 14.0. The molecule has 162 valence electrons. The predicted octanol–water partition coefficient (Wildman–Crippen LogP) is 4.96. The maximum Gasteiger partial charge on any atom is 0.408 e. The summed E-state index contributed by atoms with van der Waals surface area (Å²) in [4.78, 5) is 27.0. The zero-order valence-corrected chi connectivity index (χ0v) is 18.5. The van der Waals surface area contributed by atoms with Gasteiger partial charge in [0.15, 0.2) is 3.95 Å². The fourth-order valence-electron chi connectivity index (χ4n) is 2.81. The number of carbonyl (C=O) groups excluding carboxylic acids is 2. The molecule has 0 bridgehead atoms. The van der Waals surface area contributed by atoms with E-state index in [1.54, 1.807) is 19.9 Å². The maximum atomic E-state index is 14.6. The van der Waals surface area contributed by atoms with E-state index in [1.165, 1.54) is 18.2 Å². The number of carbonyl (C=O) groups is 2. The summed E-state index contributed by atoms with van der Waals surface area (Å²) in [6.45, 7) is 3.60. The number of aromatic amines is 1. The van der Waals surface area contributed by atoms with Crippen LogP contribution in [-0.4, -0.2) is 28.2 Å². The summed E-state index contributed by atoms with van der Waals surface area (Å²) in [6.07, 6.45) is -0.751. The van der Waals surface area contributed by atoms with Crippen LogP contribution in [0.5, 0.6) is 0 Å². The van der Waals surface area contributed by atoms with Gasteiger partial charge in [-0.15, -0.1) is 5.10 Å². The first kappa shape index (κ1) is 22.6. The van der Waals surface area contributed by atoms with Crippen molar-refractivity contribution in [1.82, 2.24) is 15.5 Å². The standard InChI is InChI=1S/C21H21FN4O3S2/c1-13(2)17(23-20(28)29-12-14-8-4-3-5-9-14)18(27)26(19-24-25-21(30)31-19)16-11-7-6-10-15(16)22/h3-11,13,17H,12H2,1-2H3,(H,23,28)(H,25,30)/t17-/m0/s1. The summed E-state index contributed by atoms with van der Waals surface area (Å²) >= 11 is 6.09. The van der Waals surface area contributed by atoms with Crippen molar-refractivity contribution in [3.63, 3.8) is 0 Å². The molecule has 2 aromatic carbocycles. The summed E-state index contributed by atoms with van der Waals surface area (Å²) in [5.41, 5.74) is 0.824.